The molecule has 0 amide bonds. The van der Waals surface area contributed by atoms with Crippen LogP contribution in [0, 0.1) is 0 Å². The number of nitrogens with zero attached hydrogens (tertiary/aromatic N) is 1. The zero-order chi connectivity index (χ0) is 22.1. The van der Waals surface area contributed by atoms with Gasteiger partial charge in [-0.1, -0.05) is 42.5 Å². The predicted octanol–water partition coefficient (Wildman–Crippen LogP) is 6.09. The first-order valence-electron chi connectivity index (χ1n) is 9.89. The van der Waals surface area contributed by atoms with Crippen molar-refractivity contribution in [2.45, 2.75) is 16.4 Å². The van der Waals surface area contributed by atoms with Crippen molar-refractivity contribution in [2.24, 2.45) is 0 Å². The van der Waals surface area contributed by atoms with Gasteiger partial charge in [0.2, 0.25) is 5.43 Å². The van der Waals surface area contributed by atoms with Crippen molar-refractivity contribution < 1.29 is 18.3 Å². The van der Waals surface area contributed by atoms with Gasteiger partial charge in [0.15, 0.2) is 0 Å². The van der Waals surface area contributed by atoms with Crippen molar-refractivity contribution in [1.29, 1.82) is 0 Å². The van der Waals surface area contributed by atoms with Crippen LogP contribution >= 0.6 is 10.6 Å². The minimum Gasteiger partial charge on any atom is -0.487 e. The second-order valence-corrected chi connectivity index (χ2v) is 9.24. The Labute approximate surface area is 185 Å². The Kier molecular flexibility index (Phi) is 5.14. The monoisotopic (exact) mass is 445 g/mol. The van der Waals surface area contributed by atoms with Gasteiger partial charge in [0.25, 0.3) is 0 Å². The molecule has 0 aliphatic carbocycles. The van der Waals surface area contributed by atoms with Crippen LogP contribution in [-0.2, 0) is 6.61 Å². The molecule has 3 aromatic carbocycles. The lowest BCUT2D eigenvalue weighted by Crippen LogP contribution is -2.13. The molecule has 160 valence electrons. The van der Waals surface area contributed by atoms with E-state index in [2.05, 4.69) is 4.98 Å². The van der Waals surface area contributed by atoms with Crippen LogP contribution in [0.5, 0.6) is 5.75 Å². The van der Waals surface area contributed by atoms with Crippen LogP contribution in [0.2, 0.25) is 0 Å². The number of ether oxygens (including phenoxy) is 1. The Balaban J connectivity index is 1.46. The molecule has 0 aliphatic rings. The smallest absolute Gasteiger partial charge is 0.216 e. The van der Waals surface area contributed by atoms with Gasteiger partial charge in [0.05, 0.1) is 21.5 Å². The summed E-state index contributed by atoms with van der Waals surface area (Å²) in [7, 11) is -3.51. The SMILES string of the molecule is O=c1c(S(O)(O)c2ccccc2)coc2ccc(OCc3ccc4ccccc4n3)cc12. The normalized spacial score (nSPS) is 12.2. The number of rotatable bonds is 5. The summed E-state index contributed by atoms with van der Waals surface area (Å²) < 4.78 is 32.9. The molecule has 5 rings (SSSR count). The second-order valence-electron chi connectivity index (χ2n) is 7.23. The molecule has 2 heterocycles. The Hall–Kier alpha value is -3.65. The standard InChI is InChI=1S/C25H19NO5S/c27-25-21-14-19(30-15-18-11-10-17-6-4-5-9-22(17)26-18)12-13-23(21)31-16-24(25)32(28,29)20-7-2-1-3-8-20/h1-14,16,28-29H,15H2. The van der Waals surface area contributed by atoms with E-state index in [-0.39, 0.29) is 21.8 Å². The fourth-order valence-electron chi connectivity index (χ4n) is 3.46. The van der Waals surface area contributed by atoms with Crippen molar-refractivity contribution in [3.05, 3.63) is 107 Å². The van der Waals surface area contributed by atoms with Gasteiger partial charge >= 0.3 is 0 Å². The average Bonchev–Trinajstić information content (AvgIpc) is 2.83. The molecule has 0 spiro atoms. The van der Waals surface area contributed by atoms with E-state index in [4.69, 9.17) is 9.15 Å². The molecule has 7 heteroatoms. The van der Waals surface area contributed by atoms with E-state index < -0.39 is 16.0 Å². The first-order chi connectivity index (χ1) is 15.5. The summed E-state index contributed by atoms with van der Waals surface area (Å²) in [5, 5.41) is 1.26. The highest BCUT2D eigenvalue weighted by atomic mass is 32.3. The fraction of sp³-hybridized carbons (Fsp3) is 0.0400. The highest BCUT2D eigenvalue weighted by Crippen LogP contribution is 2.54. The van der Waals surface area contributed by atoms with Crippen LogP contribution in [0.1, 0.15) is 5.69 Å². The quantitative estimate of drug-likeness (QED) is 0.340. The third-order valence-corrected chi connectivity index (χ3v) is 6.96. The minimum absolute atomic E-state index is 0.190. The van der Waals surface area contributed by atoms with Gasteiger partial charge in [-0.15, -0.1) is 10.6 Å². The Bertz CT molecular complexity index is 1480. The number of hydrogen-bond donors (Lipinski definition) is 2. The maximum absolute atomic E-state index is 13.1. The Morgan fingerprint density at radius 3 is 2.53 bits per heavy atom. The number of hydrogen-bond acceptors (Lipinski definition) is 6. The zero-order valence-electron chi connectivity index (χ0n) is 16.8. The fourth-order valence-corrected chi connectivity index (χ4v) is 4.80. The van der Waals surface area contributed by atoms with Crippen LogP contribution < -0.4 is 10.2 Å². The first kappa shape index (κ1) is 20.3. The molecular formula is C25H19NO5S. The summed E-state index contributed by atoms with van der Waals surface area (Å²) in [5.74, 6) is 0.452. The van der Waals surface area contributed by atoms with Gasteiger partial charge in [-0.25, -0.2) is 4.98 Å². The largest absolute Gasteiger partial charge is 0.487 e. The molecule has 6 nitrogen and oxygen atoms in total. The molecule has 0 radical (unpaired) electrons. The van der Waals surface area contributed by atoms with E-state index >= 15 is 0 Å². The van der Waals surface area contributed by atoms with E-state index in [1.54, 1.807) is 48.5 Å². The number of fused-ring (bicyclic) bond motifs is 2. The topological polar surface area (TPSA) is 92.8 Å². The maximum atomic E-state index is 13.1. The highest BCUT2D eigenvalue weighted by Gasteiger charge is 2.24. The van der Waals surface area contributed by atoms with E-state index in [0.29, 0.717) is 11.3 Å². The van der Waals surface area contributed by atoms with Crippen LogP contribution in [0.25, 0.3) is 21.9 Å². The predicted molar refractivity (Wildman–Crippen MR) is 124 cm³/mol. The van der Waals surface area contributed by atoms with Crippen LogP contribution in [0.15, 0.2) is 110 Å². The molecule has 32 heavy (non-hydrogen) atoms. The molecule has 0 aliphatic heterocycles. The van der Waals surface area contributed by atoms with Crippen molar-refractivity contribution in [3.63, 3.8) is 0 Å². The molecule has 2 N–H and O–H groups in total. The van der Waals surface area contributed by atoms with E-state index in [0.717, 1.165) is 22.9 Å². The molecule has 0 saturated heterocycles. The second kappa shape index (κ2) is 8.12. The van der Waals surface area contributed by atoms with Crippen molar-refractivity contribution in [3.8, 4) is 5.75 Å². The first-order valence-corrected chi connectivity index (χ1v) is 11.4. The van der Waals surface area contributed by atoms with Gasteiger partial charge < -0.3 is 9.15 Å². The summed E-state index contributed by atoms with van der Waals surface area (Å²) in [6.45, 7) is 0.223. The molecule has 0 bridgehead atoms. The van der Waals surface area contributed by atoms with E-state index in [1.807, 2.05) is 36.4 Å². The van der Waals surface area contributed by atoms with Crippen molar-refractivity contribution >= 4 is 32.5 Å². The average molecular weight is 445 g/mol. The molecule has 0 atom stereocenters. The Morgan fingerprint density at radius 1 is 0.906 bits per heavy atom. The van der Waals surface area contributed by atoms with Gasteiger partial charge in [0.1, 0.15) is 29.1 Å². The van der Waals surface area contributed by atoms with Gasteiger partial charge in [-0.2, -0.15) is 0 Å². The summed E-state index contributed by atoms with van der Waals surface area (Å²) >= 11 is 0. The summed E-state index contributed by atoms with van der Waals surface area (Å²) in [6, 6.07) is 24.8. The lowest BCUT2D eigenvalue weighted by atomic mass is 10.2. The molecule has 2 aromatic heterocycles. The molecule has 0 fully saturated rings. The third kappa shape index (κ3) is 3.73. The molecule has 5 aromatic rings. The zero-order valence-corrected chi connectivity index (χ0v) is 17.7. The maximum Gasteiger partial charge on any atom is 0.216 e. The number of aromatic nitrogens is 1. The summed E-state index contributed by atoms with van der Waals surface area (Å²) in [6.07, 6.45) is 1.12. The van der Waals surface area contributed by atoms with Crippen LogP contribution in [-0.4, -0.2) is 14.1 Å². The number of para-hydroxylation sites is 1. The molecule has 0 unspecified atom stereocenters. The molecular weight excluding hydrogens is 426 g/mol. The third-order valence-electron chi connectivity index (χ3n) is 5.13. The van der Waals surface area contributed by atoms with Crippen LogP contribution in [0.3, 0.4) is 0 Å². The van der Waals surface area contributed by atoms with E-state index in [1.165, 1.54) is 0 Å². The van der Waals surface area contributed by atoms with Gasteiger partial charge in [-0.3, -0.25) is 13.9 Å². The van der Waals surface area contributed by atoms with E-state index in [9.17, 15) is 13.9 Å². The Morgan fingerprint density at radius 2 is 1.69 bits per heavy atom. The number of benzene rings is 3. The van der Waals surface area contributed by atoms with Gasteiger partial charge in [-0.05, 0) is 42.5 Å². The van der Waals surface area contributed by atoms with Crippen LogP contribution in [0.4, 0.5) is 0 Å². The minimum atomic E-state index is -3.51. The van der Waals surface area contributed by atoms with Crippen molar-refractivity contribution in [2.75, 3.05) is 0 Å². The number of pyridine rings is 1. The molecule has 0 saturated carbocycles. The highest BCUT2D eigenvalue weighted by molar-refractivity contribution is 8.24. The lowest BCUT2D eigenvalue weighted by Gasteiger charge is -2.31. The van der Waals surface area contributed by atoms with Crippen molar-refractivity contribution in [1.82, 2.24) is 4.98 Å². The van der Waals surface area contributed by atoms with Gasteiger partial charge in [0, 0.05) is 5.39 Å². The summed E-state index contributed by atoms with van der Waals surface area (Å²) in [4.78, 5) is 17.7. The summed E-state index contributed by atoms with van der Waals surface area (Å²) in [5.41, 5.74) is 1.45. The lowest BCUT2D eigenvalue weighted by molar-refractivity contribution is 0.302.